The minimum absolute atomic E-state index is 0.0324. The molecule has 2 aliphatic heterocycles. The number of ether oxygens (including phenoxy) is 1. The molecular weight excluding hydrogens is 362 g/mol. The molecule has 1 N–H and O–H groups in total. The molecule has 2 heterocycles. The van der Waals surface area contributed by atoms with Crippen LogP contribution >= 0.6 is 11.6 Å². The Morgan fingerprint density at radius 3 is 2.74 bits per heavy atom. The molecule has 1 aliphatic carbocycles. The van der Waals surface area contributed by atoms with Gasteiger partial charge < -0.3 is 15.0 Å². The summed E-state index contributed by atoms with van der Waals surface area (Å²) in [6.45, 7) is 5.88. The number of nitrogens with zero attached hydrogens (tertiary/aromatic N) is 2. The van der Waals surface area contributed by atoms with Crippen molar-refractivity contribution in [1.82, 2.24) is 15.1 Å². The zero-order chi connectivity index (χ0) is 18.7. The Bertz CT molecular complexity index is 657. The van der Waals surface area contributed by atoms with Gasteiger partial charge in [0.1, 0.15) is 0 Å². The molecule has 0 bridgehead atoms. The smallest absolute Gasteiger partial charge is 0.225 e. The summed E-state index contributed by atoms with van der Waals surface area (Å²) in [6, 6.07) is 8.00. The van der Waals surface area contributed by atoms with Crippen LogP contribution in [0, 0.1) is 0 Å². The molecule has 148 valence electrons. The van der Waals surface area contributed by atoms with E-state index in [0.717, 1.165) is 69.4 Å². The number of benzene rings is 1. The topological polar surface area (TPSA) is 44.8 Å². The lowest BCUT2D eigenvalue weighted by Crippen LogP contribution is -2.56. The molecule has 1 unspecified atom stereocenters. The van der Waals surface area contributed by atoms with E-state index in [0.29, 0.717) is 6.42 Å². The van der Waals surface area contributed by atoms with Crippen molar-refractivity contribution in [2.24, 2.45) is 0 Å². The van der Waals surface area contributed by atoms with Gasteiger partial charge in [-0.2, -0.15) is 0 Å². The highest BCUT2D eigenvalue weighted by Gasteiger charge is 2.43. The van der Waals surface area contributed by atoms with Crippen LogP contribution in [0.1, 0.15) is 43.7 Å². The minimum Gasteiger partial charge on any atom is -0.379 e. The van der Waals surface area contributed by atoms with Gasteiger partial charge >= 0.3 is 0 Å². The lowest BCUT2D eigenvalue weighted by molar-refractivity contribution is -0.139. The molecule has 1 aromatic rings. The summed E-state index contributed by atoms with van der Waals surface area (Å²) in [5.74, 6) is 0.287. The first kappa shape index (κ1) is 19.2. The van der Waals surface area contributed by atoms with Gasteiger partial charge in [0.15, 0.2) is 0 Å². The normalized spacial score (nSPS) is 26.3. The Hall–Kier alpha value is -1.14. The SMILES string of the molecule is O=C(CC1(N2CCOCC2)CCCC1)N1CCNCC1c1cccc(Cl)c1. The molecule has 4 rings (SSSR count). The van der Waals surface area contributed by atoms with E-state index in [2.05, 4.69) is 21.2 Å². The van der Waals surface area contributed by atoms with Crippen LogP contribution in [0.3, 0.4) is 0 Å². The van der Waals surface area contributed by atoms with E-state index in [4.69, 9.17) is 16.3 Å². The second kappa shape index (κ2) is 8.48. The number of halogens is 1. The van der Waals surface area contributed by atoms with Crippen molar-refractivity contribution < 1.29 is 9.53 Å². The molecule has 27 heavy (non-hydrogen) atoms. The molecule has 1 amide bonds. The molecular formula is C21H30ClN3O2. The van der Waals surface area contributed by atoms with Gasteiger partial charge in [0, 0.05) is 49.7 Å². The monoisotopic (exact) mass is 391 g/mol. The number of carbonyl (C=O) groups excluding carboxylic acids is 1. The Morgan fingerprint density at radius 2 is 2.00 bits per heavy atom. The van der Waals surface area contributed by atoms with E-state index >= 15 is 0 Å². The molecule has 6 heteroatoms. The molecule has 5 nitrogen and oxygen atoms in total. The van der Waals surface area contributed by atoms with Gasteiger partial charge in [-0.3, -0.25) is 9.69 Å². The van der Waals surface area contributed by atoms with E-state index in [1.165, 1.54) is 12.8 Å². The summed E-state index contributed by atoms with van der Waals surface area (Å²) < 4.78 is 5.55. The Morgan fingerprint density at radius 1 is 1.22 bits per heavy atom. The van der Waals surface area contributed by atoms with Gasteiger partial charge in [-0.15, -0.1) is 0 Å². The van der Waals surface area contributed by atoms with Gasteiger partial charge in [-0.25, -0.2) is 0 Å². The maximum Gasteiger partial charge on any atom is 0.225 e. The molecule has 0 radical (unpaired) electrons. The summed E-state index contributed by atoms with van der Waals surface area (Å²) in [4.78, 5) is 18.1. The summed E-state index contributed by atoms with van der Waals surface area (Å²) in [5, 5.41) is 4.17. The van der Waals surface area contributed by atoms with Crippen LogP contribution in [-0.2, 0) is 9.53 Å². The third kappa shape index (κ3) is 4.16. The second-order valence-corrected chi connectivity index (χ2v) is 8.51. The van der Waals surface area contributed by atoms with Crippen LogP contribution in [0.4, 0.5) is 0 Å². The Kier molecular flexibility index (Phi) is 6.02. The standard InChI is InChI=1S/C21H30ClN3O2/c22-18-5-3-4-17(14-18)19-16-23-8-9-25(19)20(26)15-21(6-1-2-7-21)24-10-12-27-13-11-24/h3-5,14,19,23H,1-2,6-13,15-16H2. The molecule has 1 aromatic carbocycles. The van der Waals surface area contributed by atoms with Gasteiger partial charge in [0.25, 0.3) is 0 Å². The van der Waals surface area contributed by atoms with E-state index in [-0.39, 0.29) is 17.5 Å². The number of piperazine rings is 1. The van der Waals surface area contributed by atoms with Crippen LogP contribution in [0.25, 0.3) is 0 Å². The summed E-state index contributed by atoms with van der Waals surface area (Å²) in [6.07, 6.45) is 5.34. The Balaban J connectivity index is 1.52. The third-order valence-electron chi connectivity index (χ3n) is 6.49. The second-order valence-electron chi connectivity index (χ2n) is 8.07. The van der Waals surface area contributed by atoms with Crippen molar-refractivity contribution in [3.05, 3.63) is 34.9 Å². The fourth-order valence-corrected chi connectivity index (χ4v) is 5.27. The van der Waals surface area contributed by atoms with E-state index in [1.54, 1.807) is 0 Å². The van der Waals surface area contributed by atoms with E-state index in [9.17, 15) is 4.79 Å². The lowest BCUT2D eigenvalue weighted by Gasteiger charge is -2.45. The van der Waals surface area contributed by atoms with Crippen molar-refractivity contribution in [3.63, 3.8) is 0 Å². The molecule has 2 saturated heterocycles. The maximum absolute atomic E-state index is 13.5. The average Bonchev–Trinajstić information content (AvgIpc) is 3.18. The number of amides is 1. The number of rotatable bonds is 4. The third-order valence-corrected chi connectivity index (χ3v) is 6.73. The highest BCUT2D eigenvalue weighted by atomic mass is 35.5. The predicted octanol–water partition coefficient (Wildman–Crippen LogP) is 2.85. The maximum atomic E-state index is 13.5. The number of morpholine rings is 1. The van der Waals surface area contributed by atoms with Gasteiger partial charge in [0.05, 0.1) is 19.3 Å². The van der Waals surface area contributed by atoms with Crippen molar-refractivity contribution >= 4 is 17.5 Å². The quantitative estimate of drug-likeness (QED) is 0.857. The highest BCUT2D eigenvalue weighted by molar-refractivity contribution is 6.30. The zero-order valence-electron chi connectivity index (χ0n) is 16.0. The fourth-order valence-electron chi connectivity index (χ4n) is 5.07. The number of nitrogens with one attached hydrogen (secondary N) is 1. The van der Waals surface area contributed by atoms with Crippen LogP contribution in [0.5, 0.6) is 0 Å². The molecule has 0 spiro atoms. The first-order valence-corrected chi connectivity index (χ1v) is 10.6. The molecule has 1 atom stereocenters. The van der Waals surface area contributed by atoms with Gasteiger partial charge in [-0.05, 0) is 30.5 Å². The number of hydrogen-bond acceptors (Lipinski definition) is 4. The van der Waals surface area contributed by atoms with Crippen molar-refractivity contribution in [2.75, 3.05) is 45.9 Å². The largest absolute Gasteiger partial charge is 0.379 e. The zero-order valence-corrected chi connectivity index (χ0v) is 16.7. The number of carbonyl (C=O) groups is 1. The summed E-state index contributed by atoms with van der Waals surface area (Å²) in [5.41, 5.74) is 1.15. The van der Waals surface area contributed by atoms with Gasteiger partial charge in [-0.1, -0.05) is 36.6 Å². The lowest BCUT2D eigenvalue weighted by atomic mass is 9.89. The van der Waals surface area contributed by atoms with Crippen LogP contribution < -0.4 is 5.32 Å². The highest BCUT2D eigenvalue weighted by Crippen LogP contribution is 2.40. The molecule has 3 aliphatic rings. The molecule has 3 fully saturated rings. The summed E-state index contributed by atoms with van der Waals surface area (Å²) in [7, 11) is 0. The fraction of sp³-hybridized carbons (Fsp3) is 0.667. The minimum atomic E-state index is 0.0324. The van der Waals surface area contributed by atoms with Crippen molar-refractivity contribution in [3.8, 4) is 0 Å². The van der Waals surface area contributed by atoms with Crippen molar-refractivity contribution in [2.45, 2.75) is 43.7 Å². The molecule has 1 saturated carbocycles. The first-order valence-electron chi connectivity index (χ1n) is 10.3. The Labute approximate surface area is 167 Å². The van der Waals surface area contributed by atoms with E-state index < -0.39 is 0 Å². The van der Waals surface area contributed by atoms with Crippen molar-refractivity contribution in [1.29, 1.82) is 0 Å². The predicted molar refractivity (Wildman–Crippen MR) is 107 cm³/mol. The molecule has 0 aromatic heterocycles. The average molecular weight is 392 g/mol. The first-order chi connectivity index (χ1) is 13.2. The van der Waals surface area contributed by atoms with Gasteiger partial charge in [0.2, 0.25) is 5.91 Å². The van der Waals surface area contributed by atoms with E-state index in [1.807, 2.05) is 18.2 Å². The van der Waals surface area contributed by atoms with Crippen LogP contribution in [0.15, 0.2) is 24.3 Å². The summed E-state index contributed by atoms with van der Waals surface area (Å²) >= 11 is 6.21. The van der Waals surface area contributed by atoms with Crippen LogP contribution in [0.2, 0.25) is 5.02 Å². The van der Waals surface area contributed by atoms with Crippen LogP contribution in [-0.4, -0.2) is 67.2 Å². The number of hydrogen-bond donors (Lipinski definition) is 1.